The third kappa shape index (κ3) is 4.77. The Hall–Kier alpha value is -2.60. The summed E-state index contributed by atoms with van der Waals surface area (Å²) < 4.78 is 2.01. The average molecular weight is 381 g/mol. The Labute approximate surface area is 164 Å². The van der Waals surface area contributed by atoms with Gasteiger partial charge >= 0.3 is 0 Å². The highest BCUT2D eigenvalue weighted by atomic mass is 32.2. The van der Waals surface area contributed by atoms with E-state index < -0.39 is 0 Å². The van der Waals surface area contributed by atoms with Gasteiger partial charge in [-0.05, 0) is 44.4 Å². The van der Waals surface area contributed by atoms with E-state index in [-0.39, 0.29) is 11.2 Å². The molecule has 0 aliphatic carbocycles. The van der Waals surface area contributed by atoms with Gasteiger partial charge in [0.2, 0.25) is 5.91 Å². The maximum atomic E-state index is 12.5. The number of nitrogens with one attached hydrogen (secondary N) is 1. The Morgan fingerprint density at radius 2 is 1.78 bits per heavy atom. The van der Waals surface area contributed by atoms with Crippen LogP contribution in [0, 0.1) is 13.8 Å². The number of rotatable bonds is 7. The summed E-state index contributed by atoms with van der Waals surface area (Å²) in [6.45, 7) is 6.50. The summed E-state index contributed by atoms with van der Waals surface area (Å²) >= 11 is 1.43. The van der Waals surface area contributed by atoms with E-state index in [0.717, 1.165) is 28.7 Å². The third-order valence-corrected chi connectivity index (χ3v) is 5.40. The summed E-state index contributed by atoms with van der Waals surface area (Å²) in [5.74, 6) is 0.816. The first-order valence-electron chi connectivity index (χ1n) is 9.02. The lowest BCUT2D eigenvalue weighted by molar-refractivity contribution is -0.120. The van der Waals surface area contributed by atoms with Crippen LogP contribution >= 0.6 is 11.8 Å². The number of hydrogen-bond acceptors (Lipinski definition) is 4. The first-order valence-corrected chi connectivity index (χ1v) is 9.90. The third-order valence-electron chi connectivity index (χ3n) is 4.36. The smallest absolute Gasteiger partial charge is 0.233 e. The molecule has 0 aliphatic heterocycles. The lowest BCUT2D eigenvalue weighted by Gasteiger charge is -2.14. The standard InChI is InChI=1S/C21H24N4OS/c1-15-9-7-8-12-19(15)25-17(3)23-24-21(25)27-16(2)20(26)22-14-13-18-10-5-4-6-11-18/h4-12,16H,13-14H2,1-3H3,(H,22,26)/t16-/m0/s1. The van der Waals surface area contributed by atoms with E-state index in [9.17, 15) is 4.79 Å². The van der Waals surface area contributed by atoms with Crippen molar-refractivity contribution in [2.45, 2.75) is 37.6 Å². The van der Waals surface area contributed by atoms with Crippen molar-refractivity contribution in [2.24, 2.45) is 0 Å². The molecule has 1 N–H and O–H groups in total. The predicted octanol–water partition coefficient (Wildman–Crippen LogP) is 3.72. The summed E-state index contributed by atoms with van der Waals surface area (Å²) in [6.07, 6.45) is 0.822. The molecule has 0 fully saturated rings. The second kappa shape index (κ2) is 8.86. The minimum atomic E-state index is -0.257. The van der Waals surface area contributed by atoms with Gasteiger partial charge in [0.05, 0.1) is 10.9 Å². The van der Waals surface area contributed by atoms with Gasteiger partial charge in [-0.25, -0.2) is 0 Å². The van der Waals surface area contributed by atoms with Gasteiger partial charge in [-0.3, -0.25) is 9.36 Å². The number of benzene rings is 2. The first-order chi connectivity index (χ1) is 13.1. The van der Waals surface area contributed by atoms with Crippen LogP contribution in [0.5, 0.6) is 0 Å². The molecule has 0 saturated heterocycles. The fraction of sp³-hybridized carbons (Fsp3) is 0.286. The maximum absolute atomic E-state index is 12.5. The van der Waals surface area contributed by atoms with Crippen molar-refractivity contribution in [3.05, 3.63) is 71.5 Å². The van der Waals surface area contributed by atoms with Gasteiger partial charge in [-0.2, -0.15) is 0 Å². The number of aromatic nitrogens is 3. The highest BCUT2D eigenvalue weighted by molar-refractivity contribution is 8.00. The Bertz CT molecular complexity index is 908. The van der Waals surface area contributed by atoms with E-state index in [4.69, 9.17) is 0 Å². The topological polar surface area (TPSA) is 59.8 Å². The molecular formula is C21H24N4OS. The van der Waals surface area contributed by atoms with Gasteiger partial charge in [0.25, 0.3) is 0 Å². The van der Waals surface area contributed by atoms with Crippen molar-refractivity contribution >= 4 is 17.7 Å². The molecule has 3 rings (SSSR count). The molecule has 6 heteroatoms. The van der Waals surface area contributed by atoms with Gasteiger partial charge in [0, 0.05) is 6.54 Å². The van der Waals surface area contributed by atoms with Crippen molar-refractivity contribution in [3.8, 4) is 5.69 Å². The Morgan fingerprint density at radius 3 is 2.52 bits per heavy atom. The normalized spacial score (nSPS) is 12.0. The number of carbonyl (C=O) groups is 1. The average Bonchev–Trinajstić information content (AvgIpc) is 3.03. The number of nitrogens with zero attached hydrogens (tertiary/aromatic N) is 3. The molecule has 27 heavy (non-hydrogen) atoms. The molecule has 0 spiro atoms. The van der Waals surface area contributed by atoms with Gasteiger partial charge in [0.1, 0.15) is 5.82 Å². The van der Waals surface area contributed by atoms with E-state index in [1.807, 2.05) is 54.8 Å². The summed E-state index contributed by atoms with van der Waals surface area (Å²) in [5.41, 5.74) is 3.40. The second-order valence-corrected chi connectivity index (χ2v) is 7.75. The van der Waals surface area contributed by atoms with E-state index in [0.29, 0.717) is 6.54 Å². The van der Waals surface area contributed by atoms with Crippen LogP contribution in [0.25, 0.3) is 5.69 Å². The number of thioether (sulfide) groups is 1. The molecular weight excluding hydrogens is 356 g/mol. The van der Waals surface area contributed by atoms with Crippen LogP contribution in [0.3, 0.4) is 0 Å². The molecule has 1 heterocycles. The van der Waals surface area contributed by atoms with E-state index in [1.165, 1.54) is 17.3 Å². The van der Waals surface area contributed by atoms with Crippen molar-refractivity contribution < 1.29 is 4.79 Å². The van der Waals surface area contributed by atoms with Crippen molar-refractivity contribution in [1.82, 2.24) is 20.1 Å². The predicted molar refractivity (Wildman–Crippen MR) is 109 cm³/mol. The van der Waals surface area contributed by atoms with E-state index >= 15 is 0 Å². The molecule has 0 radical (unpaired) electrons. The number of aryl methyl sites for hydroxylation is 2. The van der Waals surface area contributed by atoms with Crippen molar-refractivity contribution in [2.75, 3.05) is 6.54 Å². The molecule has 0 aliphatic rings. The van der Waals surface area contributed by atoms with Crippen LogP contribution in [-0.4, -0.2) is 32.5 Å². The number of amides is 1. The zero-order valence-electron chi connectivity index (χ0n) is 15.8. The quantitative estimate of drug-likeness (QED) is 0.635. The zero-order chi connectivity index (χ0) is 19.2. The lowest BCUT2D eigenvalue weighted by Crippen LogP contribution is -2.32. The molecule has 0 unspecified atom stereocenters. The van der Waals surface area contributed by atoms with Crippen LogP contribution in [0.4, 0.5) is 0 Å². The summed E-state index contributed by atoms with van der Waals surface area (Å²) in [5, 5.41) is 12.0. The van der Waals surface area contributed by atoms with Gasteiger partial charge < -0.3 is 5.32 Å². The molecule has 1 atom stereocenters. The van der Waals surface area contributed by atoms with Crippen LogP contribution < -0.4 is 5.32 Å². The minimum Gasteiger partial charge on any atom is -0.355 e. The summed E-state index contributed by atoms with van der Waals surface area (Å²) in [6, 6.07) is 18.3. The van der Waals surface area contributed by atoms with Crippen LogP contribution in [0.1, 0.15) is 23.9 Å². The molecule has 5 nitrogen and oxygen atoms in total. The maximum Gasteiger partial charge on any atom is 0.233 e. The second-order valence-electron chi connectivity index (χ2n) is 6.44. The zero-order valence-corrected chi connectivity index (χ0v) is 16.7. The molecule has 1 aromatic heterocycles. The van der Waals surface area contributed by atoms with Crippen molar-refractivity contribution in [1.29, 1.82) is 0 Å². The van der Waals surface area contributed by atoms with Gasteiger partial charge in [-0.15, -0.1) is 10.2 Å². The highest BCUT2D eigenvalue weighted by Crippen LogP contribution is 2.26. The highest BCUT2D eigenvalue weighted by Gasteiger charge is 2.20. The van der Waals surface area contributed by atoms with Gasteiger partial charge in [-0.1, -0.05) is 60.3 Å². The Kier molecular flexibility index (Phi) is 6.29. The molecule has 0 saturated carbocycles. The van der Waals surface area contributed by atoms with Gasteiger partial charge in [0.15, 0.2) is 5.16 Å². The molecule has 140 valence electrons. The molecule has 1 amide bonds. The molecule has 0 bridgehead atoms. The number of hydrogen-bond donors (Lipinski definition) is 1. The fourth-order valence-electron chi connectivity index (χ4n) is 2.84. The SMILES string of the molecule is Cc1ccccc1-n1c(C)nnc1S[C@@H](C)C(=O)NCCc1ccccc1. The van der Waals surface area contributed by atoms with Crippen LogP contribution in [-0.2, 0) is 11.2 Å². The largest absolute Gasteiger partial charge is 0.355 e. The van der Waals surface area contributed by atoms with E-state index in [1.54, 1.807) is 0 Å². The minimum absolute atomic E-state index is 0.00733. The summed E-state index contributed by atoms with van der Waals surface area (Å²) in [7, 11) is 0. The number of para-hydroxylation sites is 1. The summed E-state index contributed by atoms with van der Waals surface area (Å²) in [4.78, 5) is 12.5. The molecule has 3 aromatic rings. The Morgan fingerprint density at radius 1 is 1.07 bits per heavy atom. The van der Waals surface area contributed by atoms with Crippen molar-refractivity contribution in [3.63, 3.8) is 0 Å². The van der Waals surface area contributed by atoms with Crippen LogP contribution in [0.15, 0.2) is 59.8 Å². The molecule has 2 aromatic carbocycles. The van der Waals surface area contributed by atoms with E-state index in [2.05, 4.69) is 40.6 Å². The monoisotopic (exact) mass is 380 g/mol. The first kappa shape index (κ1) is 19.2. The lowest BCUT2D eigenvalue weighted by atomic mass is 10.1. The van der Waals surface area contributed by atoms with Crippen LogP contribution in [0.2, 0.25) is 0 Å². The number of carbonyl (C=O) groups excluding carboxylic acids is 1. The fourth-order valence-corrected chi connectivity index (χ4v) is 3.77. The Balaban J connectivity index is 1.63.